The average molecular weight is 519 g/mol. The molecule has 0 unspecified atom stereocenters. The van der Waals surface area contributed by atoms with Gasteiger partial charge in [0.2, 0.25) is 0 Å². The second-order valence-corrected chi connectivity index (χ2v) is 9.72. The number of benzene rings is 2. The highest BCUT2D eigenvalue weighted by Crippen LogP contribution is 2.32. The summed E-state index contributed by atoms with van der Waals surface area (Å²) in [5, 5.41) is 14.1. The largest absolute Gasteiger partial charge is 0.389 e. The molecular formula is C26H23BrN4O3. The highest BCUT2D eigenvalue weighted by molar-refractivity contribution is 9.10. The predicted octanol–water partition coefficient (Wildman–Crippen LogP) is 4.11. The zero-order valence-electron chi connectivity index (χ0n) is 18.6. The normalized spacial score (nSPS) is 18.8. The second-order valence-electron chi connectivity index (χ2n) is 8.87. The van der Waals surface area contributed by atoms with Gasteiger partial charge in [-0.15, -0.1) is 0 Å². The maximum absolute atomic E-state index is 13.6. The lowest BCUT2D eigenvalue weighted by atomic mass is 9.95. The average Bonchev–Trinajstić information content (AvgIpc) is 3.14. The third-order valence-corrected chi connectivity index (χ3v) is 7.41. The molecule has 0 bridgehead atoms. The lowest BCUT2D eigenvalue weighted by molar-refractivity contribution is -0.0395. The third kappa shape index (κ3) is 3.36. The number of ether oxygens (including phenoxy) is 1. The Morgan fingerprint density at radius 2 is 1.97 bits per heavy atom. The molecule has 0 spiro atoms. The summed E-state index contributed by atoms with van der Waals surface area (Å²) >= 11 is 3.68. The Morgan fingerprint density at radius 1 is 1.15 bits per heavy atom. The number of rotatable bonds is 3. The zero-order valence-corrected chi connectivity index (χ0v) is 20.2. The molecule has 1 aliphatic rings. The summed E-state index contributed by atoms with van der Waals surface area (Å²) in [5.74, 6) is 0. The van der Waals surface area contributed by atoms with E-state index in [0.717, 1.165) is 37.4 Å². The van der Waals surface area contributed by atoms with Crippen LogP contribution in [0.2, 0.25) is 0 Å². The third-order valence-electron chi connectivity index (χ3n) is 6.80. The maximum atomic E-state index is 13.6. The minimum atomic E-state index is -0.730. The standard InChI is InChI=1S/C26H23BrN4O3/c1-30-12-20(27)23-15(6-8-28-25(23)30)10-16-11-19-24(18-5-3-2-4-17(16)18)29-14-31(26(19)33)21-7-9-34-13-22(21)32/h2-6,8,11-12,14,21-22,32H,7,9-10,13H2,1H3/t21-,22-/m0/s1. The predicted molar refractivity (Wildman–Crippen MR) is 135 cm³/mol. The molecule has 5 aromatic rings. The lowest BCUT2D eigenvalue weighted by Crippen LogP contribution is -2.39. The van der Waals surface area contributed by atoms with E-state index < -0.39 is 6.10 Å². The Morgan fingerprint density at radius 3 is 2.79 bits per heavy atom. The second kappa shape index (κ2) is 8.30. The first-order valence-electron chi connectivity index (χ1n) is 11.3. The molecule has 6 rings (SSSR count). The Bertz CT molecular complexity index is 1620. The molecule has 8 heteroatoms. The number of aromatic nitrogens is 4. The van der Waals surface area contributed by atoms with Gasteiger partial charge >= 0.3 is 0 Å². The highest BCUT2D eigenvalue weighted by Gasteiger charge is 2.27. The number of aliphatic hydroxyl groups excluding tert-OH is 1. The number of nitrogens with zero attached hydrogens (tertiary/aromatic N) is 4. The van der Waals surface area contributed by atoms with Crippen LogP contribution in [-0.2, 0) is 18.2 Å². The lowest BCUT2D eigenvalue weighted by Gasteiger charge is -2.29. The van der Waals surface area contributed by atoms with E-state index in [1.54, 1.807) is 10.9 Å². The minimum absolute atomic E-state index is 0.135. The molecule has 0 amide bonds. The summed E-state index contributed by atoms with van der Waals surface area (Å²) in [7, 11) is 1.98. The van der Waals surface area contributed by atoms with Crippen molar-refractivity contribution in [3.8, 4) is 0 Å². The monoisotopic (exact) mass is 518 g/mol. The van der Waals surface area contributed by atoms with Crippen LogP contribution in [0.25, 0.3) is 32.7 Å². The first-order chi connectivity index (χ1) is 16.5. The van der Waals surface area contributed by atoms with Crippen molar-refractivity contribution >= 4 is 48.6 Å². The molecule has 1 aliphatic heterocycles. The van der Waals surface area contributed by atoms with Crippen LogP contribution in [0, 0.1) is 0 Å². The topological polar surface area (TPSA) is 82.2 Å². The van der Waals surface area contributed by atoms with E-state index in [0.29, 0.717) is 30.4 Å². The van der Waals surface area contributed by atoms with Crippen LogP contribution >= 0.6 is 15.9 Å². The smallest absolute Gasteiger partial charge is 0.261 e. The zero-order chi connectivity index (χ0) is 23.4. The SMILES string of the molecule is Cn1cc(Br)c2c(Cc3cc4c(=O)n([C@H]5CCOC[C@@H]5O)cnc4c4ccccc34)ccnc21. The number of aliphatic hydroxyl groups is 1. The van der Waals surface area contributed by atoms with Crippen molar-refractivity contribution in [2.75, 3.05) is 13.2 Å². The van der Waals surface area contributed by atoms with Gasteiger partial charge in [0.1, 0.15) is 5.65 Å². The van der Waals surface area contributed by atoms with Gasteiger partial charge in [0.25, 0.3) is 5.56 Å². The highest BCUT2D eigenvalue weighted by atomic mass is 79.9. The number of pyridine rings is 1. The molecule has 3 aromatic heterocycles. The van der Waals surface area contributed by atoms with E-state index in [-0.39, 0.29) is 18.2 Å². The van der Waals surface area contributed by atoms with Crippen molar-refractivity contribution in [1.82, 2.24) is 19.1 Å². The van der Waals surface area contributed by atoms with Gasteiger partial charge in [-0.25, -0.2) is 9.97 Å². The quantitative estimate of drug-likeness (QED) is 0.363. The molecule has 4 heterocycles. The van der Waals surface area contributed by atoms with E-state index in [1.807, 2.05) is 54.3 Å². The molecule has 0 saturated carbocycles. The fourth-order valence-corrected chi connectivity index (χ4v) is 5.87. The van der Waals surface area contributed by atoms with Crippen molar-refractivity contribution in [3.05, 3.63) is 81.1 Å². The fraction of sp³-hybridized carbons (Fsp3) is 0.269. The number of hydrogen-bond acceptors (Lipinski definition) is 5. The Hall–Kier alpha value is -3.07. The molecule has 2 atom stereocenters. The van der Waals surface area contributed by atoms with Gasteiger partial charge in [-0.2, -0.15) is 0 Å². The Kier molecular flexibility index (Phi) is 5.24. The van der Waals surface area contributed by atoms with Crippen molar-refractivity contribution in [2.45, 2.75) is 25.0 Å². The van der Waals surface area contributed by atoms with Gasteiger partial charge in [0.15, 0.2) is 0 Å². The van der Waals surface area contributed by atoms with E-state index in [9.17, 15) is 9.90 Å². The summed E-state index contributed by atoms with van der Waals surface area (Å²) in [6.45, 7) is 0.737. The molecule has 2 aromatic carbocycles. The van der Waals surface area contributed by atoms with E-state index >= 15 is 0 Å². The van der Waals surface area contributed by atoms with Gasteiger partial charge in [-0.1, -0.05) is 24.3 Å². The summed E-state index contributed by atoms with van der Waals surface area (Å²) in [6, 6.07) is 11.7. The summed E-state index contributed by atoms with van der Waals surface area (Å²) in [5.41, 5.74) is 3.64. The van der Waals surface area contributed by atoms with Gasteiger partial charge in [-0.05, 0) is 57.4 Å². The van der Waals surface area contributed by atoms with Crippen molar-refractivity contribution in [2.24, 2.45) is 7.05 Å². The van der Waals surface area contributed by atoms with Gasteiger partial charge in [0.05, 0.1) is 36.0 Å². The maximum Gasteiger partial charge on any atom is 0.261 e. The van der Waals surface area contributed by atoms with Crippen LogP contribution < -0.4 is 5.56 Å². The summed E-state index contributed by atoms with van der Waals surface area (Å²) in [4.78, 5) is 22.9. The number of fused-ring (bicyclic) bond motifs is 4. The van der Waals surface area contributed by atoms with Crippen LogP contribution in [0.5, 0.6) is 0 Å². The van der Waals surface area contributed by atoms with Gasteiger partial charge in [-0.3, -0.25) is 9.36 Å². The van der Waals surface area contributed by atoms with E-state index in [2.05, 4.69) is 32.0 Å². The first kappa shape index (κ1) is 21.5. The van der Waals surface area contributed by atoms with Gasteiger partial charge in [0, 0.05) is 41.3 Å². The Labute approximate surface area is 203 Å². The van der Waals surface area contributed by atoms with Crippen molar-refractivity contribution in [1.29, 1.82) is 0 Å². The molecular weight excluding hydrogens is 496 g/mol. The molecule has 34 heavy (non-hydrogen) atoms. The van der Waals surface area contributed by atoms with Crippen LogP contribution in [-0.4, -0.2) is 43.5 Å². The van der Waals surface area contributed by atoms with E-state index in [4.69, 9.17) is 4.74 Å². The molecule has 0 aliphatic carbocycles. The Balaban J connectivity index is 1.57. The van der Waals surface area contributed by atoms with Crippen LogP contribution in [0.1, 0.15) is 23.6 Å². The minimum Gasteiger partial charge on any atom is -0.389 e. The molecule has 7 nitrogen and oxygen atoms in total. The molecule has 172 valence electrons. The number of aryl methyl sites for hydroxylation is 1. The number of hydrogen-bond donors (Lipinski definition) is 1. The number of halogens is 1. The fourth-order valence-electron chi connectivity index (χ4n) is 5.13. The molecule has 1 fully saturated rings. The summed E-state index contributed by atoms with van der Waals surface area (Å²) in [6.07, 6.45) is 5.91. The molecule has 0 radical (unpaired) electrons. The van der Waals surface area contributed by atoms with E-state index in [1.165, 1.54) is 0 Å². The van der Waals surface area contributed by atoms with Crippen LogP contribution in [0.15, 0.2) is 64.4 Å². The van der Waals surface area contributed by atoms with Gasteiger partial charge < -0.3 is 14.4 Å². The molecule has 1 N–H and O–H groups in total. The van der Waals surface area contributed by atoms with Crippen LogP contribution in [0.3, 0.4) is 0 Å². The van der Waals surface area contributed by atoms with Crippen molar-refractivity contribution < 1.29 is 9.84 Å². The first-order valence-corrected chi connectivity index (χ1v) is 12.1. The van der Waals surface area contributed by atoms with Crippen molar-refractivity contribution in [3.63, 3.8) is 0 Å². The molecule has 1 saturated heterocycles. The summed E-state index contributed by atoms with van der Waals surface area (Å²) < 4.78 is 9.93. The van der Waals surface area contributed by atoms with Crippen LogP contribution in [0.4, 0.5) is 0 Å².